The zero-order chi connectivity index (χ0) is 10.6. The number of rotatable bonds is 4. The second kappa shape index (κ2) is 4.77. The van der Waals surface area contributed by atoms with Crippen LogP contribution in [0.1, 0.15) is 17.0 Å². The summed E-state index contributed by atoms with van der Waals surface area (Å²) in [6, 6.07) is 7.60. The van der Waals surface area contributed by atoms with Crippen molar-refractivity contribution in [3.05, 3.63) is 35.4 Å². The molecule has 1 aromatic carbocycles. The third-order valence-corrected chi connectivity index (χ3v) is 2.19. The average molecular weight is 193 g/mol. The highest BCUT2D eigenvalue weighted by atomic mass is 16.4. The molecule has 1 unspecified atom stereocenters. The van der Waals surface area contributed by atoms with E-state index in [9.17, 15) is 4.79 Å². The molecule has 0 heterocycles. The summed E-state index contributed by atoms with van der Waals surface area (Å²) >= 11 is 0. The lowest BCUT2D eigenvalue weighted by Gasteiger charge is -2.11. The van der Waals surface area contributed by atoms with E-state index < -0.39 is 11.9 Å². The number of aryl methyl sites for hydroxylation is 1. The van der Waals surface area contributed by atoms with E-state index >= 15 is 0 Å². The summed E-state index contributed by atoms with van der Waals surface area (Å²) in [5.41, 5.74) is 1.99. The molecular formula is C11H15NO2. The molecule has 0 radical (unpaired) electrons. The Morgan fingerprint density at radius 2 is 2.00 bits per heavy atom. The van der Waals surface area contributed by atoms with Gasteiger partial charge >= 0.3 is 5.97 Å². The number of aliphatic carboxylic acids is 1. The average Bonchev–Trinajstić information content (AvgIpc) is 2.15. The molecule has 0 saturated carbocycles. The Kier molecular flexibility index (Phi) is 3.65. The Hall–Kier alpha value is -1.35. The molecule has 0 fully saturated rings. The molecule has 3 nitrogen and oxygen atoms in total. The van der Waals surface area contributed by atoms with Crippen molar-refractivity contribution < 1.29 is 9.90 Å². The number of hydrogen-bond donors (Lipinski definition) is 2. The van der Waals surface area contributed by atoms with Gasteiger partial charge in [0, 0.05) is 6.54 Å². The summed E-state index contributed by atoms with van der Waals surface area (Å²) in [6.07, 6.45) is 0. The largest absolute Gasteiger partial charge is 0.481 e. The summed E-state index contributed by atoms with van der Waals surface area (Å²) in [4.78, 5) is 10.9. The minimum Gasteiger partial charge on any atom is -0.481 e. The molecule has 0 aromatic heterocycles. The van der Waals surface area contributed by atoms with E-state index in [0.29, 0.717) is 6.54 Å². The Morgan fingerprint density at radius 3 is 2.43 bits per heavy atom. The van der Waals surface area contributed by atoms with Gasteiger partial charge in [0.05, 0.1) is 5.92 Å². The Balaban J connectivity index is 2.87. The number of nitrogens with one attached hydrogen (secondary N) is 1. The van der Waals surface area contributed by atoms with Crippen molar-refractivity contribution in [2.45, 2.75) is 12.8 Å². The maximum Gasteiger partial charge on any atom is 0.312 e. The number of carboxylic acid groups (broad SMARTS) is 1. The Bertz CT molecular complexity index is 306. The number of hydrogen-bond acceptors (Lipinski definition) is 2. The molecule has 1 atom stereocenters. The highest BCUT2D eigenvalue weighted by Gasteiger charge is 2.18. The van der Waals surface area contributed by atoms with Crippen LogP contribution in [0.25, 0.3) is 0 Å². The van der Waals surface area contributed by atoms with Gasteiger partial charge in [0.15, 0.2) is 0 Å². The molecular weight excluding hydrogens is 178 g/mol. The van der Waals surface area contributed by atoms with Crippen LogP contribution < -0.4 is 5.32 Å². The van der Waals surface area contributed by atoms with E-state index in [1.165, 1.54) is 0 Å². The maximum atomic E-state index is 10.9. The van der Waals surface area contributed by atoms with Gasteiger partial charge in [-0.2, -0.15) is 0 Å². The van der Waals surface area contributed by atoms with Crippen molar-refractivity contribution in [2.24, 2.45) is 0 Å². The summed E-state index contributed by atoms with van der Waals surface area (Å²) in [7, 11) is 1.75. The van der Waals surface area contributed by atoms with Crippen molar-refractivity contribution in [1.29, 1.82) is 0 Å². The molecule has 76 valence electrons. The van der Waals surface area contributed by atoms with E-state index in [4.69, 9.17) is 5.11 Å². The molecule has 2 N–H and O–H groups in total. The molecule has 0 aliphatic heterocycles. The van der Waals surface area contributed by atoms with E-state index in [-0.39, 0.29) is 0 Å². The van der Waals surface area contributed by atoms with Crippen molar-refractivity contribution in [2.75, 3.05) is 13.6 Å². The zero-order valence-corrected chi connectivity index (χ0v) is 8.45. The van der Waals surface area contributed by atoms with Crippen LogP contribution in [0.2, 0.25) is 0 Å². The normalized spacial score (nSPS) is 12.4. The lowest BCUT2D eigenvalue weighted by atomic mass is 9.98. The smallest absolute Gasteiger partial charge is 0.312 e. The molecule has 0 aliphatic rings. The molecule has 0 saturated heterocycles. The minimum absolute atomic E-state index is 0.457. The third kappa shape index (κ3) is 2.57. The van der Waals surface area contributed by atoms with E-state index in [1.54, 1.807) is 7.05 Å². The van der Waals surface area contributed by atoms with Crippen LogP contribution in [0, 0.1) is 6.92 Å². The van der Waals surface area contributed by atoms with Crippen molar-refractivity contribution in [3.63, 3.8) is 0 Å². The predicted molar refractivity (Wildman–Crippen MR) is 55.5 cm³/mol. The molecule has 0 aliphatic carbocycles. The van der Waals surface area contributed by atoms with E-state index in [2.05, 4.69) is 5.32 Å². The first-order chi connectivity index (χ1) is 6.65. The van der Waals surface area contributed by atoms with Gasteiger partial charge in [-0.15, -0.1) is 0 Å². The molecule has 14 heavy (non-hydrogen) atoms. The van der Waals surface area contributed by atoms with E-state index in [1.807, 2.05) is 31.2 Å². The first-order valence-corrected chi connectivity index (χ1v) is 4.59. The van der Waals surface area contributed by atoms with Crippen molar-refractivity contribution >= 4 is 5.97 Å². The summed E-state index contributed by atoms with van der Waals surface area (Å²) < 4.78 is 0. The standard InChI is InChI=1S/C11H15NO2/c1-8-3-5-9(6-4-8)10(7-12-2)11(13)14/h3-6,10,12H,7H2,1-2H3,(H,13,14). The predicted octanol–water partition coefficient (Wildman–Crippen LogP) is 1.38. The molecule has 0 spiro atoms. The van der Waals surface area contributed by atoms with Gasteiger partial charge in [-0.3, -0.25) is 4.79 Å². The molecule has 3 heteroatoms. The SMILES string of the molecule is CNCC(C(=O)O)c1ccc(C)cc1. The maximum absolute atomic E-state index is 10.9. The van der Waals surface area contributed by atoms with Crippen molar-refractivity contribution in [1.82, 2.24) is 5.32 Å². The lowest BCUT2D eigenvalue weighted by Crippen LogP contribution is -2.23. The lowest BCUT2D eigenvalue weighted by molar-refractivity contribution is -0.138. The molecule has 0 amide bonds. The number of likely N-dealkylation sites (N-methyl/N-ethyl adjacent to an activating group) is 1. The molecule has 1 rings (SSSR count). The third-order valence-electron chi connectivity index (χ3n) is 2.19. The topological polar surface area (TPSA) is 49.3 Å². The number of carbonyl (C=O) groups is 1. The summed E-state index contributed by atoms with van der Waals surface area (Å²) in [5, 5.41) is 11.9. The van der Waals surface area contributed by atoms with Gasteiger partial charge in [-0.1, -0.05) is 29.8 Å². The highest BCUT2D eigenvalue weighted by Crippen LogP contribution is 2.15. The fourth-order valence-corrected chi connectivity index (χ4v) is 1.35. The van der Waals surface area contributed by atoms with Crippen molar-refractivity contribution in [3.8, 4) is 0 Å². The van der Waals surface area contributed by atoms with Crippen LogP contribution in [0.15, 0.2) is 24.3 Å². The zero-order valence-electron chi connectivity index (χ0n) is 8.45. The summed E-state index contributed by atoms with van der Waals surface area (Å²) in [5.74, 6) is -1.25. The molecule has 1 aromatic rings. The van der Waals surface area contributed by atoms with E-state index in [0.717, 1.165) is 11.1 Å². The van der Waals surface area contributed by atoms with Crippen LogP contribution in [-0.4, -0.2) is 24.7 Å². The van der Waals surface area contributed by atoms with Gasteiger partial charge in [0.25, 0.3) is 0 Å². The van der Waals surface area contributed by atoms with Gasteiger partial charge < -0.3 is 10.4 Å². The highest BCUT2D eigenvalue weighted by molar-refractivity contribution is 5.76. The first-order valence-electron chi connectivity index (χ1n) is 4.59. The quantitative estimate of drug-likeness (QED) is 0.759. The second-order valence-corrected chi connectivity index (χ2v) is 3.36. The first kappa shape index (κ1) is 10.7. The van der Waals surface area contributed by atoms with Gasteiger partial charge in [0.1, 0.15) is 0 Å². The van der Waals surface area contributed by atoms with Crippen LogP contribution in [-0.2, 0) is 4.79 Å². The fourth-order valence-electron chi connectivity index (χ4n) is 1.35. The van der Waals surface area contributed by atoms with Crippen LogP contribution in [0.5, 0.6) is 0 Å². The van der Waals surface area contributed by atoms with Crippen LogP contribution in [0.4, 0.5) is 0 Å². The summed E-state index contributed by atoms with van der Waals surface area (Å²) in [6.45, 7) is 2.44. The Labute approximate surface area is 83.8 Å². The number of carboxylic acids is 1. The van der Waals surface area contributed by atoms with Gasteiger partial charge in [-0.25, -0.2) is 0 Å². The van der Waals surface area contributed by atoms with Crippen LogP contribution in [0.3, 0.4) is 0 Å². The Morgan fingerprint density at radius 1 is 1.43 bits per heavy atom. The molecule has 0 bridgehead atoms. The monoisotopic (exact) mass is 193 g/mol. The number of benzene rings is 1. The minimum atomic E-state index is -0.789. The second-order valence-electron chi connectivity index (χ2n) is 3.36. The van der Waals surface area contributed by atoms with Crippen LogP contribution >= 0.6 is 0 Å². The van der Waals surface area contributed by atoms with Gasteiger partial charge in [0.2, 0.25) is 0 Å². The fraction of sp³-hybridized carbons (Fsp3) is 0.364. The van der Waals surface area contributed by atoms with Gasteiger partial charge in [-0.05, 0) is 19.5 Å².